The fourth-order valence-corrected chi connectivity index (χ4v) is 2.26. The van der Waals surface area contributed by atoms with E-state index in [1.165, 1.54) is 23.2 Å². The van der Waals surface area contributed by atoms with Crippen LogP contribution in [-0.4, -0.2) is 15.0 Å². The van der Waals surface area contributed by atoms with Crippen LogP contribution >= 0.6 is 0 Å². The van der Waals surface area contributed by atoms with Gasteiger partial charge in [0.25, 0.3) is 0 Å². The Hall–Kier alpha value is -1.77. The van der Waals surface area contributed by atoms with Gasteiger partial charge in [-0.15, -0.1) is 0 Å². The summed E-state index contributed by atoms with van der Waals surface area (Å²) in [6.45, 7) is 1.90. The molecule has 0 bridgehead atoms. The first kappa shape index (κ1) is 9.46. The minimum atomic E-state index is 0.814. The molecule has 0 aliphatic heterocycles. The minimum absolute atomic E-state index is 0.814. The van der Waals surface area contributed by atoms with Crippen molar-refractivity contribution >= 4 is 0 Å². The maximum atomic E-state index is 4.42. The molecule has 0 radical (unpaired) electrons. The molecular weight excluding hydrogens is 198 g/mol. The van der Waals surface area contributed by atoms with Gasteiger partial charge in [-0.1, -0.05) is 0 Å². The van der Waals surface area contributed by atoms with Crippen LogP contribution in [0.5, 0.6) is 0 Å². The van der Waals surface area contributed by atoms with Crippen LogP contribution in [0.1, 0.15) is 23.5 Å². The van der Waals surface area contributed by atoms with Gasteiger partial charge in [-0.2, -0.15) is 0 Å². The molecular formula is C13H13N3. The second kappa shape index (κ2) is 3.67. The van der Waals surface area contributed by atoms with Crippen LogP contribution in [0.15, 0.2) is 24.7 Å². The highest BCUT2D eigenvalue weighted by atomic mass is 14.8. The predicted molar refractivity (Wildman–Crippen MR) is 62.0 cm³/mol. The van der Waals surface area contributed by atoms with Gasteiger partial charge in [0.2, 0.25) is 0 Å². The summed E-state index contributed by atoms with van der Waals surface area (Å²) in [5, 5.41) is 0. The molecule has 2 aromatic rings. The number of aryl methyl sites for hydroxylation is 2. The number of pyridine rings is 1. The lowest BCUT2D eigenvalue weighted by atomic mass is 10.0. The molecule has 0 unspecified atom stereocenters. The molecule has 3 heteroatoms. The third kappa shape index (κ3) is 1.48. The average molecular weight is 211 g/mol. The molecule has 0 atom stereocenters. The SMILES string of the molecule is Cc1ncc(-c2ccnc3c2CCC3)cn1. The van der Waals surface area contributed by atoms with E-state index >= 15 is 0 Å². The summed E-state index contributed by atoms with van der Waals surface area (Å²) < 4.78 is 0. The molecule has 1 aliphatic rings. The Morgan fingerprint density at radius 3 is 2.69 bits per heavy atom. The van der Waals surface area contributed by atoms with E-state index in [0.717, 1.165) is 24.2 Å². The molecule has 0 N–H and O–H groups in total. The Bertz CT molecular complexity index is 517. The Morgan fingerprint density at radius 1 is 1.06 bits per heavy atom. The first-order chi connectivity index (χ1) is 7.84. The van der Waals surface area contributed by atoms with Crippen LogP contribution in [0.2, 0.25) is 0 Å². The molecule has 16 heavy (non-hydrogen) atoms. The topological polar surface area (TPSA) is 38.7 Å². The molecule has 0 spiro atoms. The molecule has 0 saturated carbocycles. The summed E-state index contributed by atoms with van der Waals surface area (Å²) in [6.07, 6.45) is 9.14. The zero-order chi connectivity index (χ0) is 11.0. The number of fused-ring (bicyclic) bond motifs is 1. The van der Waals surface area contributed by atoms with Crippen molar-refractivity contribution in [1.29, 1.82) is 0 Å². The number of hydrogen-bond donors (Lipinski definition) is 0. The second-order valence-corrected chi connectivity index (χ2v) is 4.16. The van der Waals surface area contributed by atoms with E-state index < -0.39 is 0 Å². The molecule has 80 valence electrons. The number of rotatable bonds is 1. The molecule has 2 aromatic heterocycles. The Labute approximate surface area is 94.6 Å². The summed E-state index contributed by atoms with van der Waals surface area (Å²) in [5.41, 5.74) is 4.99. The number of aromatic nitrogens is 3. The first-order valence-electron chi connectivity index (χ1n) is 5.60. The van der Waals surface area contributed by atoms with Crippen LogP contribution < -0.4 is 0 Å². The summed E-state index contributed by atoms with van der Waals surface area (Å²) in [7, 11) is 0. The lowest BCUT2D eigenvalue weighted by Crippen LogP contribution is -1.94. The van der Waals surface area contributed by atoms with Gasteiger partial charge in [0.1, 0.15) is 5.82 Å². The zero-order valence-electron chi connectivity index (χ0n) is 9.27. The van der Waals surface area contributed by atoms with E-state index in [1.807, 2.05) is 25.5 Å². The molecule has 3 nitrogen and oxygen atoms in total. The van der Waals surface area contributed by atoms with Gasteiger partial charge in [0.15, 0.2) is 0 Å². The number of hydrogen-bond acceptors (Lipinski definition) is 3. The smallest absolute Gasteiger partial charge is 0.125 e. The van der Waals surface area contributed by atoms with Gasteiger partial charge in [-0.05, 0) is 43.4 Å². The fraction of sp³-hybridized carbons (Fsp3) is 0.308. The van der Waals surface area contributed by atoms with Crippen LogP contribution in [0.25, 0.3) is 11.1 Å². The van der Waals surface area contributed by atoms with Gasteiger partial charge >= 0.3 is 0 Å². The van der Waals surface area contributed by atoms with E-state index in [4.69, 9.17) is 0 Å². The Kier molecular flexibility index (Phi) is 2.17. The van der Waals surface area contributed by atoms with Gasteiger partial charge < -0.3 is 0 Å². The van der Waals surface area contributed by atoms with E-state index in [0.29, 0.717) is 0 Å². The van der Waals surface area contributed by atoms with Crippen LogP contribution in [0.4, 0.5) is 0 Å². The van der Waals surface area contributed by atoms with Crippen LogP contribution in [0.3, 0.4) is 0 Å². The van der Waals surface area contributed by atoms with E-state index in [9.17, 15) is 0 Å². The van der Waals surface area contributed by atoms with E-state index in [1.54, 1.807) is 0 Å². The molecule has 0 amide bonds. The molecule has 1 aliphatic carbocycles. The standard InChI is InChI=1S/C13H13N3/c1-9-15-7-10(8-16-9)11-5-6-14-13-4-2-3-12(11)13/h5-8H,2-4H2,1H3. The van der Waals surface area contributed by atoms with E-state index in [-0.39, 0.29) is 0 Å². The van der Waals surface area contributed by atoms with Crippen molar-refractivity contribution < 1.29 is 0 Å². The van der Waals surface area contributed by atoms with Crippen molar-refractivity contribution in [3.8, 4) is 11.1 Å². The van der Waals surface area contributed by atoms with Gasteiger partial charge in [-0.3, -0.25) is 4.98 Å². The quantitative estimate of drug-likeness (QED) is 0.726. The lowest BCUT2D eigenvalue weighted by molar-refractivity contribution is 0.899. The highest BCUT2D eigenvalue weighted by Gasteiger charge is 2.16. The molecule has 2 heterocycles. The molecule has 0 aromatic carbocycles. The van der Waals surface area contributed by atoms with Crippen LogP contribution in [0, 0.1) is 6.92 Å². The average Bonchev–Trinajstić information content (AvgIpc) is 2.78. The molecule has 0 fully saturated rings. The Balaban J connectivity index is 2.13. The van der Waals surface area contributed by atoms with Crippen molar-refractivity contribution in [2.24, 2.45) is 0 Å². The van der Waals surface area contributed by atoms with Gasteiger partial charge in [0, 0.05) is 29.8 Å². The zero-order valence-corrected chi connectivity index (χ0v) is 9.27. The Morgan fingerprint density at radius 2 is 1.88 bits per heavy atom. The van der Waals surface area contributed by atoms with Crippen LogP contribution in [-0.2, 0) is 12.8 Å². The predicted octanol–water partition coefficient (Wildman–Crippen LogP) is 2.34. The summed E-state index contributed by atoms with van der Waals surface area (Å²) in [4.78, 5) is 12.9. The molecule has 3 rings (SSSR count). The fourth-order valence-electron chi connectivity index (χ4n) is 2.26. The normalized spacial score (nSPS) is 13.8. The highest BCUT2D eigenvalue weighted by Crippen LogP contribution is 2.30. The number of nitrogens with zero attached hydrogens (tertiary/aromatic N) is 3. The van der Waals surface area contributed by atoms with Crippen molar-refractivity contribution in [2.45, 2.75) is 26.2 Å². The van der Waals surface area contributed by atoms with Crippen molar-refractivity contribution in [2.75, 3.05) is 0 Å². The second-order valence-electron chi connectivity index (χ2n) is 4.16. The third-order valence-electron chi connectivity index (χ3n) is 3.08. The van der Waals surface area contributed by atoms with Crippen molar-refractivity contribution in [1.82, 2.24) is 15.0 Å². The summed E-state index contributed by atoms with van der Waals surface area (Å²) in [6, 6.07) is 2.07. The monoisotopic (exact) mass is 211 g/mol. The lowest BCUT2D eigenvalue weighted by Gasteiger charge is -2.07. The van der Waals surface area contributed by atoms with Gasteiger partial charge in [-0.25, -0.2) is 9.97 Å². The van der Waals surface area contributed by atoms with Crippen molar-refractivity contribution in [3.63, 3.8) is 0 Å². The minimum Gasteiger partial charge on any atom is -0.261 e. The first-order valence-corrected chi connectivity index (χ1v) is 5.60. The van der Waals surface area contributed by atoms with E-state index in [2.05, 4.69) is 21.0 Å². The molecule has 0 saturated heterocycles. The van der Waals surface area contributed by atoms with Crippen molar-refractivity contribution in [3.05, 3.63) is 41.7 Å². The summed E-state index contributed by atoms with van der Waals surface area (Å²) >= 11 is 0. The third-order valence-corrected chi connectivity index (χ3v) is 3.08. The highest BCUT2D eigenvalue weighted by molar-refractivity contribution is 5.67. The van der Waals surface area contributed by atoms with Gasteiger partial charge in [0.05, 0.1) is 0 Å². The maximum Gasteiger partial charge on any atom is 0.125 e. The summed E-state index contributed by atoms with van der Waals surface area (Å²) in [5.74, 6) is 0.814. The largest absolute Gasteiger partial charge is 0.261 e. The maximum absolute atomic E-state index is 4.42.